The number of halogens is 1. The van der Waals surface area contributed by atoms with Gasteiger partial charge in [0.15, 0.2) is 0 Å². The molecule has 0 radical (unpaired) electrons. The van der Waals surface area contributed by atoms with E-state index in [1.807, 2.05) is 0 Å². The summed E-state index contributed by atoms with van der Waals surface area (Å²) in [5, 5.41) is 3.31. The Labute approximate surface area is 102 Å². The Kier molecular flexibility index (Phi) is 4.70. The van der Waals surface area contributed by atoms with Gasteiger partial charge in [-0.2, -0.15) is 0 Å². The first kappa shape index (κ1) is 13.7. The average Bonchev–Trinajstić information content (AvgIpc) is 2.24. The summed E-state index contributed by atoms with van der Waals surface area (Å²) in [7, 11) is 0. The van der Waals surface area contributed by atoms with Gasteiger partial charge in [0.05, 0.1) is 0 Å². The number of benzene rings is 1. The van der Waals surface area contributed by atoms with Gasteiger partial charge in [-0.25, -0.2) is 4.39 Å². The summed E-state index contributed by atoms with van der Waals surface area (Å²) in [5.74, 6) is 0.449. The molecular weight excluding hydrogens is 217 g/mol. The van der Waals surface area contributed by atoms with Crippen molar-refractivity contribution in [2.24, 2.45) is 0 Å². The molecule has 0 aliphatic rings. The monoisotopic (exact) mass is 237 g/mol. The summed E-state index contributed by atoms with van der Waals surface area (Å²) in [6, 6.07) is 4.55. The van der Waals surface area contributed by atoms with Crippen LogP contribution >= 0.6 is 0 Å². The van der Waals surface area contributed by atoms with Gasteiger partial charge in [0.25, 0.3) is 0 Å². The molecule has 0 fully saturated rings. The van der Waals surface area contributed by atoms with Crippen LogP contribution in [0.3, 0.4) is 0 Å². The van der Waals surface area contributed by atoms with E-state index in [9.17, 15) is 4.39 Å². The number of ether oxygens (including phenoxy) is 1. The molecule has 0 aliphatic carbocycles. The van der Waals surface area contributed by atoms with E-state index in [-0.39, 0.29) is 11.4 Å². The topological polar surface area (TPSA) is 21.3 Å². The standard InChI is InChI=1S/C14H20FNO/c1-5-8-17-13-7-6-12(15)9-11(13)10-16-14(2,3)4/h5-7,9,16H,1,8,10H2,2-4H3. The second-order valence-corrected chi connectivity index (χ2v) is 4.96. The highest BCUT2D eigenvalue weighted by molar-refractivity contribution is 5.34. The van der Waals surface area contributed by atoms with Gasteiger partial charge in [0.1, 0.15) is 18.2 Å². The number of hydrogen-bond acceptors (Lipinski definition) is 2. The molecule has 1 rings (SSSR count). The van der Waals surface area contributed by atoms with Crippen LogP contribution in [-0.2, 0) is 6.54 Å². The quantitative estimate of drug-likeness (QED) is 0.793. The zero-order valence-electron chi connectivity index (χ0n) is 10.7. The number of nitrogens with one attached hydrogen (secondary N) is 1. The Hall–Kier alpha value is -1.35. The van der Waals surface area contributed by atoms with Crippen molar-refractivity contribution in [2.45, 2.75) is 32.9 Å². The van der Waals surface area contributed by atoms with E-state index in [1.165, 1.54) is 12.1 Å². The first-order chi connectivity index (χ1) is 7.92. The lowest BCUT2D eigenvalue weighted by Gasteiger charge is -2.21. The van der Waals surface area contributed by atoms with Crippen molar-refractivity contribution < 1.29 is 9.13 Å². The summed E-state index contributed by atoms with van der Waals surface area (Å²) in [5.41, 5.74) is 0.809. The molecule has 0 saturated heterocycles. The Morgan fingerprint density at radius 3 is 2.71 bits per heavy atom. The lowest BCUT2D eigenvalue weighted by atomic mass is 10.1. The fourth-order valence-corrected chi connectivity index (χ4v) is 1.34. The third-order valence-corrected chi connectivity index (χ3v) is 2.19. The normalized spacial score (nSPS) is 11.3. The first-order valence-corrected chi connectivity index (χ1v) is 5.69. The predicted molar refractivity (Wildman–Crippen MR) is 68.7 cm³/mol. The van der Waals surface area contributed by atoms with Gasteiger partial charge in [0.2, 0.25) is 0 Å². The maximum Gasteiger partial charge on any atom is 0.124 e. The maximum absolute atomic E-state index is 13.2. The second kappa shape index (κ2) is 5.82. The number of hydrogen-bond donors (Lipinski definition) is 1. The van der Waals surface area contributed by atoms with Gasteiger partial charge in [-0.3, -0.25) is 0 Å². The predicted octanol–water partition coefficient (Wildman–Crippen LogP) is 3.28. The fourth-order valence-electron chi connectivity index (χ4n) is 1.34. The Morgan fingerprint density at radius 1 is 1.41 bits per heavy atom. The molecule has 1 aromatic rings. The average molecular weight is 237 g/mol. The fraction of sp³-hybridized carbons (Fsp3) is 0.429. The molecule has 17 heavy (non-hydrogen) atoms. The highest BCUT2D eigenvalue weighted by atomic mass is 19.1. The van der Waals surface area contributed by atoms with Crippen molar-refractivity contribution in [3.8, 4) is 5.75 Å². The van der Waals surface area contributed by atoms with Gasteiger partial charge >= 0.3 is 0 Å². The first-order valence-electron chi connectivity index (χ1n) is 5.69. The van der Waals surface area contributed by atoms with Gasteiger partial charge < -0.3 is 10.1 Å². The van der Waals surface area contributed by atoms with E-state index < -0.39 is 0 Å². The zero-order valence-corrected chi connectivity index (χ0v) is 10.7. The van der Waals surface area contributed by atoms with Crippen LogP contribution in [0, 0.1) is 5.82 Å². The van der Waals surface area contributed by atoms with Crippen LogP contribution in [0.25, 0.3) is 0 Å². The Bertz CT molecular complexity index is 382. The molecule has 1 N–H and O–H groups in total. The third kappa shape index (κ3) is 5.00. The molecule has 0 heterocycles. The van der Waals surface area contributed by atoms with E-state index in [0.717, 1.165) is 5.56 Å². The lowest BCUT2D eigenvalue weighted by Crippen LogP contribution is -2.35. The minimum Gasteiger partial charge on any atom is -0.489 e. The molecule has 2 nitrogen and oxygen atoms in total. The molecule has 0 aliphatic heterocycles. The van der Waals surface area contributed by atoms with Crippen molar-refractivity contribution in [2.75, 3.05) is 6.61 Å². The molecule has 0 aromatic heterocycles. The largest absolute Gasteiger partial charge is 0.489 e. The molecule has 0 bridgehead atoms. The molecule has 3 heteroatoms. The maximum atomic E-state index is 13.2. The van der Waals surface area contributed by atoms with Crippen molar-refractivity contribution in [1.82, 2.24) is 5.32 Å². The summed E-state index contributed by atoms with van der Waals surface area (Å²) in [4.78, 5) is 0. The van der Waals surface area contributed by atoms with Crippen LogP contribution in [0.4, 0.5) is 4.39 Å². The summed E-state index contributed by atoms with van der Waals surface area (Å²) >= 11 is 0. The summed E-state index contributed by atoms with van der Waals surface area (Å²) in [6.45, 7) is 10.8. The molecule has 1 aromatic carbocycles. The molecule has 0 spiro atoms. The molecule has 0 atom stereocenters. The second-order valence-electron chi connectivity index (χ2n) is 4.96. The van der Waals surface area contributed by atoms with Crippen LogP contribution in [0.2, 0.25) is 0 Å². The lowest BCUT2D eigenvalue weighted by molar-refractivity contribution is 0.351. The van der Waals surface area contributed by atoms with Crippen molar-refractivity contribution >= 4 is 0 Å². The minimum atomic E-state index is -0.248. The van der Waals surface area contributed by atoms with Crippen LogP contribution in [0.1, 0.15) is 26.3 Å². The molecule has 94 valence electrons. The zero-order chi connectivity index (χ0) is 12.9. The van der Waals surface area contributed by atoms with Gasteiger partial charge in [-0.1, -0.05) is 12.7 Å². The van der Waals surface area contributed by atoms with E-state index in [4.69, 9.17) is 4.74 Å². The van der Waals surface area contributed by atoms with Gasteiger partial charge in [-0.05, 0) is 39.0 Å². The van der Waals surface area contributed by atoms with Gasteiger partial charge in [-0.15, -0.1) is 0 Å². The van der Waals surface area contributed by atoms with E-state index >= 15 is 0 Å². The van der Waals surface area contributed by atoms with Crippen molar-refractivity contribution in [1.29, 1.82) is 0 Å². The van der Waals surface area contributed by atoms with E-state index in [2.05, 4.69) is 32.7 Å². The van der Waals surface area contributed by atoms with Crippen molar-refractivity contribution in [3.63, 3.8) is 0 Å². The van der Waals surface area contributed by atoms with Gasteiger partial charge in [0, 0.05) is 17.6 Å². The number of rotatable bonds is 5. The molecule has 0 unspecified atom stereocenters. The third-order valence-electron chi connectivity index (χ3n) is 2.19. The minimum absolute atomic E-state index is 0.0119. The summed E-state index contributed by atoms with van der Waals surface area (Å²) < 4.78 is 18.7. The smallest absolute Gasteiger partial charge is 0.124 e. The highest BCUT2D eigenvalue weighted by Crippen LogP contribution is 2.20. The van der Waals surface area contributed by atoms with E-state index in [0.29, 0.717) is 18.9 Å². The van der Waals surface area contributed by atoms with Crippen molar-refractivity contribution in [3.05, 3.63) is 42.2 Å². The SMILES string of the molecule is C=CCOc1ccc(F)cc1CNC(C)(C)C. The highest BCUT2D eigenvalue weighted by Gasteiger charge is 2.11. The Balaban J connectivity index is 2.79. The van der Waals surface area contributed by atoms with Crippen LogP contribution in [-0.4, -0.2) is 12.1 Å². The van der Waals surface area contributed by atoms with Crippen LogP contribution in [0.5, 0.6) is 5.75 Å². The molecule has 0 saturated carbocycles. The Morgan fingerprint density at radius 2 is 2.12 bits per heavy atom. The molecular formula is C14H20FNO. The van der Waals surface area contributed by atoms with Crippen LogP contribution in [0.15, 0.2) is 30.9 Å². The van der Waals surface area contributed by atoms with Crippen LogP contribution < -0.4 is 10.1 Å². The van der Waals surface area contributed by atoms with E-state index in [1.54, 1.807) is 12.1 Å². The summed E-state index contributed by atoms with van der Waals surface area (Å²) in [6.07, 6.45) is 1.67. The molecule has 0 amide bonds.